The molecule has 1 unspecified atom stereocenters. The molecular formula is C25H24N2O2S. The van der Waals surface area contributed by atoms with Crippen LogP contribution in [0, 0.1) is 12.3 Å². The Labute approximate surface area is 181 Å². The van der Waals surface area contributed by atoms with E-state index in [1.165, 1.54) is 11.8 Å². The Morgan fingerprint density at radius 1 is 1.27 bits per heavy atom. The van der Waals surface area contributed by atoms with Crippen molar-refractivity contribution in [2.24, 2.45) is 0 Å². The molecule has 0 saturated heterocycles. The smallest absolute Gasteiger partial charge is 0.256 e. The van der Waals surface area contributed by atoms with E-state index in [9.17, 15) is 9.59 Å². The lowest BCUT2D eigenvalue weighted by Gasteiger charge is -2.18. The van der Waals surface area contributed by atoms with Gasteiger partial charge in [-0.05, 0) is 61.7 Å². The van der Waals surface area contributed by atoms with Crippen molar-refractivity contribution >= 4 is 29.3 Å². The predicted molar refractivity (Wildman–Crippen MR) is 123 cm³/mol. The maximum absolute atomic E-state index is 12.9. The van der Waals surface area contributed by atoms with E-state index in [2.05, 4.69) is 16.6 Å². The maximum Gasteiger partial charge on any atom is 0.256 e. The minimum absolute atomic E-state index is 0.0156. The van der Waals surface area contributed by atoms with Crippen molar-refractivity contribution in [3.63, 3.8) is 0 Å². The second-order valence-corrected chi connectivity index (χ2v) is 7.99. The molecule has 1 aliphatic rings. The zero-order chi connectivity index (χ0) is 21.5. The van der Waals surface area contributed by atoms with Crippen LogP contribution in [0.15, 0.2) is 76.1 Å². The van der Waals surface area contributed by atoms with Gasteiger partial charge in [0.1, 0.15) is 0 Å². The Kier molecular flexibility index (Phi) is 7.16. The van der Waals surface area contributed by atoms with Crippen LogP contribution in [0.2, 0.25) is 0 Å². The molecule has 0 radical (unpaired) electrons. The number of benzene rings is 2. The number of fused-ring (bicyclic) bond motifs is 2. The summed E-state index contributed by atoms with van der Waals surface area (Å²) in [5.74, 6) is 2.16. The van der Waals surface area contributed by atoms with Crippen molar-refractivity contribution in [1.29, 1.82) is 0 Å². The fraction of sp³-hybridized carbons (Fsp3) is 0.200. The first-order valence-electron chi connectivity index (χ1n) is 9.86. The van der Waals surface area contributed by atoms with Crippen LogP contribution in [0.3, 0.4) is 0 Å². The van der Waals surface area contributed by atoms with Crippen LogP contribution >= 0.6 is 11.8 Å². The number of nitrogens with one attached hydrogen (secondary N) is 2. The van der Waals surface area contributed by atoms with Crippen LogP contribution < -0.4 is 10.6 Å². The Bertz CT molecular complexity index is 1060. The molecule has 1 aliphatic heterocycles. The molecule has 30 heavy (non-hydrogen) atoms. The Morgan fingerprint density at radius 2 is 2.07 bits per heavy atom. The van der Waals surface area contributed by atoms with Gasteiger partial charge in [-0.1, -0.05) is 48.9 Å². The van der Waals surface area contributed by atoms with Gasteiger partial charge in [-0.3, -0.25) is 9.59 Å². The highest BCUT2D eigenvalue weighted by Gasteiger charge is 2.21. The lowest BCUT2D eigenvalue weighted by atomic mass is 10.0. The molecule has 4 nitrogen and oxygen atoms in total. The number of carbonyl (C=O) groups excluding carboxylic acids is 2. The first-order valence-corrected chi connectivity index (χ1v) is 10.7. The highest BCUT2D eigenvalue weighted by molar-refractivity contribution is 7.99. The van der Waals surface area contributed by atoms with E-state index < -0.39 is 0 Å². The summed E-state index contributed by atoms with van der Waals surface area (Å²) in [5, 5.41) is 6.02. The number of terminal acetylenes is 1. The van der Waals surface area contributed by atoms with E-state index in [0.717, 1.165) is 21.8 Å². The van der Waals surface area contributed by atoms with Gasteiger partial charge in [-0.25, -0.2) is 0 Å². The molecule has 5 heteroatoms. The summed E-state index contributed by atoms with van der Waals surface area (Å²) in [6.07, 6.45) is 12.3. The Balaban J connectivity index is 1.76. The standard InChI is InChI=1S/C25H24N2O2S/c1-4-7-10-17(5-2)15-19(6-3)26-24(28)18-13-14-23-21(16-18)27-25(29)20-11-8-9-12-22(20)30-23/h1,5,7-14,16,19H,6,15H2,2-3H3,(H,26,28)(H,27,29)/b10-7-,17-5+. The molecule has 3 rings (SSSR count). The second-order valence-electron chi connectivity index (χ2n) is 6.91. The molecule has 2 amide bonds. The number of hydrogen-bond acceptors (Lipinski definition) is 3. The zero-order valence-corrected chi connectivity index (χ0v) is 17.9. The van der Waals surface area contributed by atoms with Crippen molar-refractivity contribution in [3.8, 4) is 12.3 Å². The zero-order valence-electron chi connectivity index (χ0n) is 17.1. The van der Waals surface area contributed by atoms with Gasteiger partial charge in [0.25, 0.3) is 11.8 Å². The van der Waals surface area contributed by atoms with Crippen LogP contribution in [0.1, 0.15) is 47.4 Å². The van der Waals surface area contributed by atoms with Crippen LogP contribution in [0.5, 0.6) is 0 Å². The van der Waals surface area contributed by atoms with Crippen molar-refractivity contribution in [2.45, 2.75) is 42.5 Å². The van der Waals surface area contributed by atoms with Crippen molar-refractivity contribution in [3.05, 3.63) is 77.4 Å². The molecule has 0 aliphatic carbocycles. The molecule has 0 saturated carbocycles. The molecule has 0 spiro atoms. The molecule has 1 atom stereocenters. The third-order valence-corrected chi connectivity index (χ3v) is 6.07. The largest absolute Gasteiger partial charge is 0.349 e. The fourth-order valence-electron chi connectivity index (χ4n) is 3.20. The van der Waals surface area contributed by atoms with Crippen molar-refractivity contribution in [1.82, 2.24) is 5.32 Å². The Hall–Kier alpha value is -3.23. The van der Waals surface area contributed by atoms with E-state index in [-0.39, 0.29) is 17.9 Å². The van der Waals surface area contributed by atoms with Gasteiger partial charge >= 0.3 is 0 Å². The Morgan fingerprint density at radius 3 is 2.80 bits per heavy atom. The van der Waals surface area contributed by atoms with Crippen molar-refractivity contribution in [2.75, 3.05) is 5.32 Å². The minimum atomic E-state index is -0.168. The number of anilines is 1. The van der Waals surface area contributed by atoms with Gasteiger partial charge in [-0.15, -0.1) is 6.42 Å². The van der Waals surface area contributed by atoms with Gasteiger partial charge in [-0.2, -0.15) is 0 Å². The van der Waals surface area contributed by atoms with E-state index in [4.69, 9.17) is 6.42 Å². The number of rotatable bonds is 6. The van der Waals surface area contributed by atoms with E-state index in [1.54, 1.807) is 24.3 Å². The van der Waals surface area contributed by atoms with Gasteiger partial charge < -0.3 is 10.6 Å². The quantitative estimate of drug-likeness (QED) is 0.487. The molecule has 152 valence electrons. The molecular weight excluding hydrogens is 392 g/mol. The number of hydrogen-bond donors (Lipinski definition) is 2. The highest BCUT2D eigenvalue weighted by atomic mass is 32.2. The fourth-order valence-corrected chi connectivity index (χ4v) is 4.21. The summed E-state index contributed by atoms with van der Waals surface area (Å²) in [5.41, 5.74) is 2.87. The van der Waals surface area contributed by atoms with Gasteiger partial charge in [0.15, 0.2) is 0 Å². The summed E-state index contributed by atoms with van der Waals surface area (Å²) < 4.78 is 0. The average Bonchev–Trinajstić information content (AvgIpc) is 2.90. The molecule has 1 heterocycles. The number of amides is 2. The second kappa shape index (κ2) is 10.00. The first-order chi connectivity index (χ1) is 14.5. The van der Waals surface area contributed by atoms with E-state index >= 15 is 0 Å². The molecule has 0 aromatic heterocycles. The third kappa shape index (κ3) is 5.03. The normalized spacial score (nSPS) is 14.2. The lowest BCUT2D eigenvalue weighted by Crippen LogP contribution is -2.34. The molecule has 2 N–H and O–H groups in total. The monoisotopic (exact) mass is 416 g/mol. The minimum Gasteiger partial charge on any atom is -0.349 e. The van der Waals surface area contributed by atoms with E-state index in [1.807, 2.05) is 50.3 Å². The molecule has 2 aromatic rings. The summed E-state index contributed by atoms with van der Waals surface area (Å²) >= 11 is 1.52. The highest BCUT2D eigenvalue weighted by Crippen LogP contribution is 2.39. The lowest BCUT2D eigenvalue weighted by molar-refractivity contribution is 0.0934. The number of carbonyl (C=O) groups is 2. The maximum atomic E-state index is 12.9. The van der Waals surface area contributed by atoms with Crippen molar-refractivity contribution < 1.29 is 9.59 Å². The number of allylic oxidation sites excluding steroid dienone is 3. The van der Waals surface area contributed by atoms with Crippen LogP contribution in [-0.4, -0.2) is 17.9 Å². The predicted octanol–water partition coefficient (Wildman–Crippen LogP) is 5.44. The summed E-state index contributed by atoms with van der Waals surface area (Å²) in [4.78, 5) is 27.2. The summed E-state index contributed by atoms with van der Waals surface area (Å²) in [7, 11) is 0. The summed E-state index contributed by atoms with van der Waals surface area (Å²) in [6, 6.07) is 12.9. The van der Waals surface area contributed by atoms with Crippen LogP contribution in [0.4, 0.5) is 5.69 Å². The third-order valence-electron chi connectivity index (χ3n) is 4.92. The molecule has 2 aromatic carbocycles. The van der Waals surface area contributed by atoms with Gasteiger partial charge in [0.05, 0.1) is 11.3 Å². The first kappa shape index (κ1) is 21.5. The van der Waals surface area contributed by atoms with Gasteiger partial charge in [0, 0.05) is 21.4 Å². The van der Waals surface area contributed by atoms with Gasteiger partial charge in [0.2, 0.25) is 0 Å². The molecule has 0 fully saturated rings. The summed E-state index contributed by atoms with van der Waals surface area (Å²) in [6.45, 7) is 3.99. The molecule has 0 bridgehead atoms. The average molecular weight is 417 g/mol. The topological polar surface area (TPSA) is 58.2 Å². The van der Waals surface area contributed by atoms with Crippen LogP contribution in [0.25, 0.3) is 0 Å². The SMILES string of the molecule is C#C/C=C\C(=C/C)CC(CC)NC(=O)c1ccc2c(c1)NC(=O)c1ccccc1S2. The van der Waals surface area contributed by atoms with E-state index in [0.29, 0.717) is 23.2 Å². The van der Waals surface area contributed by atoms with Crippen LogP contribution in [-0.2, 0) is 0 Å².